The van der Waals surface area contributed by atoms with Gasteiger partial charge in [0, 0.05) is 18.7 Å². The van der Waals surface area contributed by atoms with Crippen LogP contribution in [0.15, 0.2) is 0 Å². The van der Waals surface area contributed by atoms with Gasteiger partial charge in [-0.2, -0.15) is 0 Å². The molecule has 0 aromatic heterocycles. The smallest absolute Gasteiger partial charge is 0.127 e. The zero-order valence-electron chi connectivity index (χ0n) is 26.5. The molecule has 3 unspecified atom stereocenters. The summed E-state index contributed by atoms with van der Waals surface area (Å²) in [7, 11) is 2.02. The predicted octanol–water partition coefficient (Wildman–Crippen LogP) is 8.44. The van der Waals surface area contributed by atoms with E-state index in [0.29, 0.717) is 13.2 Å². The minimum Gasteiger partial charge on any atom is -0.492 e. The first-order chi connectivity index (χ1) is 18.0. The maximum atomic E-state index is 9.13. The zero-order valence-corrected chi connectivity index (χ0v) is 26.5. The van der Waals surface area contributed by atoms with Gasteiger partial charge in [-0.3, -0.25) is 0 Å². The Morgan fingerprint density at radius 2 is 1.47 bits per heavy atom. The number of fused-ring (bicyclic) bond motifs is 1. The van der Waals surface area contributed by atoms with Crippen molar-refractivity contribution < 1.29 is 14.6 Å². The van der Waals surface area contributed by atoms with Crippen LogP contribution in [-0.2, 0) is 6.42 Å². The Kier molecular flexibility index (Phi) is 14.0. The van der Waals surface area contributed by atoms with Crippen LogP contribution in [0.3, 0.4) is 0 Å². The number of ether oxygens (including phenoxy) is 2. The fourth-order valence-corrected chi connectivity index (χ4v) is 6.06. The lowest BCUT2D eigenvalue weighted by molar-refractivity contribution is 0.0511. The molecule has 4 heteroatoms. The van der Waals surface area contributed by atoms with Crippen LogP contribution in [0.1, 0.15) is 121 Å². The van der Waals surface area contributed by atoms with Gasteiger partial charge >= 0.3 is 0 Å². The molecule has 0 aliphatic carbocycles. The maximum Gasteiger partial charge on any atom is 0.127 e. The van der Waals surface area contributed by atoms with Crippen LogP contribution in [0, 0.1) is 38.5 Å². The van der Waals surface area contributed by atoms with Gasteiger partial charge in [0.15, 0.2) is 0 Å². The molecule has 4 nitrogen and oxygen atoms in total. The molecule has 0 amide bonds. The quantitative estimate of drug-likeness (QED) is 0.206. The van der Waals surface area contributed by atoms with Crippen LogP contribution in [-0.4, -0.2) is 49.0 Å². The molecular weight excluding hydrogens is 470 g/mol. The number of nitrogens with zero attached hydrogens (tertiary/aromatic N) is 1. The van der Waals surface area contributed by atoms with Crippen molar-refractivity contribution in [2.75, 3.05) is 33.4 Å². The molecule has 1 aliphatic heterocycles. The van der Waals surface area contributed by atoms with Crippen LogP contribution in [0.2, 0.25) is 0 Å². The molecule has 0 radical (unpaired) electrons. The number of hydrogen-bond donors (Lipinski definition) is 1. The number of rotatable bonds is 18. The Labute approximate surface area is 235 Å². The van der Waals surface area contributed by atoms with Gasteiger partial charge < -0.3 is 19.5 Å². The minimum atomic E-state index is -0.0727. The summed E-state index contributed by atoms with van der Waals surface area (Å²) in [5.41, 5.74) is 4.92. The van der Waals surface area contributed by atoms with E-state index in [1.165, 1.54) is 73.6 Å². The standard InChI is InChI=1S/C34H61NO3/c1-25(2)13-10-14-26(3)15-11-16-27(4)17-12-19-34(8)20-18-31-30(7)32(28(5)29(6)33(31)38-34)37-24-22-35(9)21-23-36/h25-27,36H,10-24H2,1-9H3. The number of likely N-dealkylation sites (N-methyl/N-ethyl adjacent to an activating group) is 1. The third kappa shape index (κ3) is 10.4. The lowest BCUT2D eigenvalue weighted by Gasteiger charge is -2.38. The zero-order chi connectivity index (χ0) is 28.3. The van der Waals surface area contributed by atoms with Crippen LogP contribution in [0.4, 0.5) is 0 Å². The highest BCUT2D eigenvalue weighted by Crippen LogP contribution is 2.45. The maximum absolute atomic E-state index is 9.13. The fraction of sp³-hybridized carbons (Fsp3) is 0.824. The molecule has 3 atom stereocenters. The van der Waals surface area contributed by atoms with E-state index in [-0.39, 0.29) is 12.2 Å². The van der Waals surface area contributed by atoms with E-state index in [1.807, 2.05) is 7.05 Å². The lowest BCUT2D eigenvalue weighted by atomic mass is 9.83. The molecule has 0 spiro atoms. The Balaban J connectivity index is 1.83. The number of aliphatic hydroxyl groups excluding tert-OH is 1. The van der Waals surface area contributed by atoms with Crippen molar-refractivity contribution in [3.63, 3.8) is 0 Å². The normalized spacial score (nSPS) is 18.9. The second-order valence-corrected chi connectivity index (χ2v) is 13.3. The van der Waals surface area contributed by atoms with Crippen molar-refractivity contribution in [3.05, 3.63) is 22.3 Å². The Morgan fingerprint density at radius 1 is 0.868 bits per heavy atom. The summed E-state index contributed by atoms with van der Waals surface area (Å²) in [4.78, 5) is 2.10. The van der Waals surface area contributed by atoms with E-state index in [2.05, 4.69) is 60.3 Å². The highest BCUT2D eigenvalue weighted by Gasteiger charge is 2.34. The van der Waals surface area contributed by atoms with Gasteiger partial charge in [-0.25, -0.2) is 0 Å². The molecule has 0 bridgehead atoms. The number of hydrogen-bond acceptors (Lipinski definition) is 4. The molecule has 1 heterocycles. The molecule has 38 heavy (non-hydrogen) atoms. The Hall–Kier alpha value is -1.26. The largest absolute Gasteiger partial charge is 0.492 e. The van der Waals surface area contributed by atoms with E-state index >= 15 is 0 Å². The van der Waals surface area contributed by atoms with Crippen LogP contribution < -0.4 is 9.47 Å². The van der Waals surface area contributed by atoms with Crippen LogP contribution in [0.25, 0.3) is 0 Å². The first-order valence-electron chi connectivity index (χ1n) is 15.7. The second kappa shape index (κ2) is 16.1. The van der Waals surface area contributed by atoms with Gasteiger partial charge in [-0.1, -0.05) is 72.6 Å². The molecule has 0 saturated carbocycles. The third-order valence-electron chi connectivity index (χ3n) is 9.04. The van der Waals surface area contributed by atoms with Gasteiger partial charge in [-0.15, -0.1) is 0 Å². The monoisotopic (exact) mass is 531 g/mol. The van der Waals surface area contributed by atoms with Gasteiger partial charge in [0.25, 0.3) is 0 Å². The molecule has 1 N–H and O–H groups in total. The second-order valence-electron chi connectivity index (χ2n) is 13.3. The summed E-state index contributed by atoms with van der Waals surface area (Å²) in [6.45, 7) is 20.7. The minimum absolute atomic E-state index is 0.0727. The molecule has 220 valence electrons. The van der Waals surface area contributed by atoms with Crippen molar-refractivity contribution in [2.45, 2.75) is 132 Å². The fourth-order valence-electron chi connectivity index (χ4n) is 6.06. The first kappa shape index (κ1) is 32.9. The van der Waals surface area contributed by atoms with Crippen molar-refractivity contribution in [3.8, 4) is 11.5 Å². The van der Waals surface area contributed by atoms with Crippen molar-refractivity contribution in [1.29, 1.82) is 0 Å². The molecule has 1 aromatic carbocycles. The molecule has 2 rings (SSSR count). The van der Waals surface area contributed by atoms with Gasteiger partial charge in [-0.05, 0) is 94.9 Å². The lowest BCUT2D eigenvalue weighted by Crippen LogP contribution is -2.37. The molecule has 0 fully saturated rings. The molecule has 1 aromatic rings. The predicted molar refractivity (Wildman–Crippen MR) is 163 cm³/mol. The van der Waals surface area contributed by atoms with E-state index < -0.39 is 0 Å². The van der Waals surface area contributed by atoms with Crippen LogP contribution in [0.5, 0.6) is 11.5 Å². The average molecular weight is 532 g/mol. The summed E-state index contributed by atoms with van der Waals surface area (Å²) in [5.74, 6) is 4.66. The van der Waals surface area contributed by atoms with Crippen molar-refractivity contribution in [1.82, 2.24) is 4.90 Å². The van der Waals surface area contributed by atoms with E-state index in [1.54, 1.807) is 0 Å². The van der Waals surface area contributed by atoms with E-state index in [4.69, 9.17) is 14.6 Å². The summed E-state index contributed by atoms with van der Waals surface area (Å²) < 4.78 is 13.1. The third-order valence-corrected chi connectivity index (χ3v) is 9.04. The van der Waals surface area contributed by atoms with E-state index in [9.17, 15) is 0 Å². The van der Waals surface area contributed by atoms with Crippen LogP contribution >= 0.6 is 0 Å². The molecule has 1 aliphatic rings. The highest BCUT2D eigenvalue weighted by molar-refractivity contribution is 5.59. The van der Waals surface area contributed by atoms with Gasteiger partial charge in [0.2, 0.25) is 0 Å². The summed E-state index contributed by atoms with van der Waals surface area (Å²) >= 11 is 0. The summed E-state index contributed by atoms with van der Waals surface area (Å²) in [6, 6.07) is 0. The Morgan fingerprint density at radius 3 is 2.08 bits per heavy atom. The SMILES string of the molecule is Cc1c(C)c2c(c(C)c1OCCN(C)CCO)CCC(C)(CCCC(C)CCCC(C)CCCC(C)C)O2. The summed E-state index contributed by atoms with van der Waals surface area (Å²) in [5, 5.41) is 9.13. The first-order valence-corrected chi connectivity index (χ1v) is 15.7. The van der Waals surface area contributed by atoms with Crippen molar-refractivity contribution >= 4 is 0 Å². The average Bonchev–Trinajstić information content (AvgIpc) is 2.84. The summed E-state index contributed by atoms with van der Waals surface area (Å²) in [6.07, 6.45) is 14.1. The molecular formula is C34H61NO3. The van der Waals surface area contributed by atoms with E-state index in [0.717, 1.165) is 55.1 Å². The Bertz CT molecular complexity index is 836. The van der Waals surface area contributed by atoms with Gasteiger partial charge in [0.1, 0.15) is 23.7 Å². The topological polar surface area (TPSA) is 41.9 Å². The number of benzene rings is 1. The highest BCUT2D eigenvalue weighted by atomic mass is 16.5. The van der Waals surface area contributed by atoms with Gasteiger partial charge in [0.05, 0.1) is 6.61 Å². The van der Waals surface area contributed by atoms with Crippen molar-refractivity contribution in [2.24, 2.45) is 17.8 Å². The number of aliphatic hydroxyl groups is 1. The molecule has 0 saturated heterocycles.